The Morgan fingerprint density at radius 2 is 1.81 bits per heavy atom. The van der Waals surface area contributed by atoms with Gasteiger partial charge in [0.25, 0.3) is 5.91 Å². The molecule has 0 bridgehead atoms. The molecule has 0 aliphatic carbocycles. The zero-order valence-electron chi connectivity index (χ0n) is 12.6. The molecule has 4 nitrogen and oxygen atoms in total. The first-order valence-electron chi connectivity index (χ1n) is 6.92. The van der Waals surface area contributed by atoms with Crippen LogP contribution in [0.1, 0.15) is 28.4 Å². The van der Waals surface area contributed by atoms with E-state index in [0.29, 0.717) is 17.9 Å². The number of anilines is 2. The number of amides is 1. The van der Waals surface area contributed by atoms with Crippen molar-refractivity contribution < 1.29 is 9.53 Å². The molecule has 0 fully saturated rings. The topological polar surface area (TPSA) is 64.3 Å². The number of ether oxygens (including phenoxy) is 1. The summed E-state index contributed by atoms with van der Waals surface area (Å²) in [6, 6.07) is 10.9. The van der Waals surface area contributed by atoms with Crippen LogP contribution in [0.4, 0.5) is 11.4 Å². The van der Waals surface area contributed by atoms with Crippen molar-refractivity contribution in [2.45, 2.75) is 20.8 Å². The van der Waals surface area contributed by atoms with Crippen LogP contribution in [0, 0.1) is 13.8 Å². The van der Waals surface area contributed by atoms with Crippen LogP contribution in [0.25, 0.3) is 0 Å². The molecule has 0 heterocycles. The summed E-state index contributed by atoms with van der Waals surface area (Å²) < 4.78 is 5.37. The van der Waals surface area contributed by atoms with Gasteiger partial charge in [-0.3, -0.25) is 4.79 Å². The third-order valence-corrected chi connectivity index (χ3v) is 3.28. The first-order chi connectivity index (χ1) is 10.0. The van der Waals surface area contributed by atoms with Crippen molar-refractivity contribution in [1.29, 1.82) is 0 Å². The molecule has 1 amide bonds. The number of carbonyl (C=O) groups excluding carboxylic acids is 1. The zero-order chi connectivity index (χ0) is 15.4. The van der Waals surface area contributed by atoms with Crippen molar-refractivity contribution in [3.05, 3.63) is 53.1 Å². The van der Waals surface area contributed by atoms with Crippen LogP contribution in [0.3, 0.4) is 0 Å². The minimum Gasteiger partial charge on any atom is -0.494 e. The van der Waals surface area contributed by atoms with Gasteiger partial charge in [-0.25, -0.2) is 0 Å². The number of nitrogens with one attached hydrogen (secondary N) is 1. The first kappa shape index (κ1) is 14.9. The molecule has 2 aromatic carbocycles. The SMILES string of the molecule is CCOc1ccc(NC(=O)c2cc(N)c(C)cc2C)cc1. The molecule has 3 N–H and O–H groups in total. The van der Waals surface area contributed by atoms with Crippen molar-refractivity contribution in [2.75, 3.05) is 17.7 Å². The average Bonchev–Trinajstić information content (AvgIpc) is 2.45. The standard InChI is InChI=1S/C17H20N2O2/c1-4-21-14-7-5-13(6-8-14)19-17(20)15-10-16(18)12(3)9-11(15)2/h5-10H,4,18H2,1-3H3,(H,19,20). The van der Waals surface area contributed by atoms with Crippen molar-refractivity contribution in [1.82, 2.24) is 0 Å². The molecule has 0 aliphatic rings. The van der Waals surface area contributed by atoms with Crippen LogP contribution in [0.2, 0.25) is 0 Å². The summed E-state index contributed by atoms with van der Waals surface area (Å²) in [6.45, 7) is 6.38. The summed E-state index contributed by atoms with van der Waals surface area (Å²) >= 11 is 0. The van der Waals surface area contributed by atoms with E-state index in [1.54, 1.807) is 6.07 Å². The normalized spacial score (nSPS) is 10.2. The highest BCUT2D eigenvalue weighted by atomic mass is 16.5. The maximum absolute atomic E-state index is 12.3. The quantitative estimate of drug-likeness (QED) is 0.844. The van der Waals surface area contributed by atoms with Gasteiger partial charge in [0, 0.05) is 16.9 Å². The number of hydrogen-bond acceptors (Lipinski definition) is 3. The van der Waals surface area contributed by atoms with Crippen molar-refractivity contribution >= 4 is 17.3 Å². The van der Waals surface area contributed by atoms with Gasteiger partial charge < -0.3 is 15.8 Å². The van der Waals surface area contributed by atoms with E-state index < -0.39 is 0 Å². The van der Waals surface area contributed by atoms with Gasteiger partial charge in [-0.1, -0.05) is 6.07 Å². The molecule has 0 atom stereocenters. The first-order valence-corrected chi connectivity index (χ1v) is 6.92. The second-order valence-corrected chi connectivity index (χ2v) is 4.94. The van der Waals surface area contributed by atoms with Crippen LogP contribution >= 0.6 is 0 Å². The summed E-state index contributed by atoms with van der Waals surface area (Å²) in [7, 11) is 0. The molecular weight excluding hydrogens is 264 g/mol. The fourth-order valence-electron chi connectivity index (χ4n) is 2.11. The number of hydrogen-bond donors (Lipinski definition) is 2. The van der Waals surface area contributed by atoms with Crippen molar-refractivity contribution in [3.8, 4) is 5.75 Å². The fraction of sp³-hybridized carbons (Fsp3) is 0.235. The Balaban J connectivity index is 2.16. The van der Waals surface area contributed by atoms with Gasteiger partial charge in [-0.05, 0) is 62.2 Å². The van der Waals surface area contributed by atoms with Gasteiger partial charge >= 0.3 is 0 Å². The number of nitrogen functional groups attached to an aromatic ring is 1. The van der Waals surface area contributed by atoms with Crippen molar-refractivity contribution in [2.24, 2.45) is 0 Å². The zero-order valence-corrected chi connectivity index (χ0v) is 12.6. The Morgan fingerprint density at radius 1 is 1.14 bits per heavy atom. The van der Waals surface area contributed by atoms with Gasteiger partial charge in [0.2, 0.25) is 0 Å². The Morgan fingerprint density at radius 3 is 2.43 bits per heavy atom. The fourth-order valence-corrected chi connectivity index (χ4v) is 2.11. The third kappa shape index (κ3) is 3.54. The van der Waals surface area contributed by atoms with E-state index in [0.717, 1.165) is 22.6 Å². The molecule has 0 saturated carbocycles. The van der Waals surface area contributed by atoms with E-state index in [1.165, 1.54) is 0 Å². The van der Waals surface area contributed by atoms with E-state index in [-0.39, 0.29) is 5.91 Å². The van der Waals surface area contributed by atoms with Crippen molar-refractivity contribution in [3.63, 3.8) is 0 Å². The number of aryl methyl sites for hydroxylation is 2. The van der Waals surface area contributed by atoms with E-state index in [9.17, 15) is 4.79 Å². The molecule has 0 aliphatic heterocycles. The monoisotopic (exact) mass is 284 g/mol. The van der Waals surface area contributed by atoms with Crippen LogP contribution in [0.15, 0.2) is 36.4 Å². The minimum absolute atomic E-state index is 0.164. The highest BCUT2D eigenvalue weighted by Gasteiger charge is 2.11. The van der Waals surface area contributed by atoms with Crippen LogP contribution in [0.5, 0.6) is 5.75 Å². The third-order valence-electron chi connectivity index (χ3n) is 3.28. The largest absolute Gasteiger partial charge is 0.494 e. The molecular formula is C17H20N2O2. The lowest BCUT2D eigenvalue weighted by molar-refractivity contribution is 0.102. The Labute approximate surface area is 124 Å². The van der Waals surface area contributed by atoms with Gasteiger partial charge in [0.05, 0.1) is 6.61 Å². The summed E-state index contributed by atoms with van der Waals surface area (Å²) in [5, 5.41) is 2.86. The van der Waals surface area contributed by atoms with E-state index in [1.807, 2.05) is 51.1 Å². The highest BCUT2D eigenvalue weighted by Crippen LogP contribution is 2.20. The lowest BCUT2D eigenvalue weighted by Crippen LogP contribution is -2.14. The Hall–Kier alpha value is -2.49. The maximum atomic E-state index is 12.3. The molecule has 21 heavy (non-hydrogen) atoms. The number of benzene rings is 2. The number of nitrogens with two attached hydrogens (primary N) is 1. The Bertz CT molecular complexity index is 649. The van der Waals surface area contributed by atoms with Crippen LogP contribution < -0.4 is 15.8 Å². The molecule has 2 rings (SSSR count). The van der Waals surface area contributed by atoms with Gasteiger partial charge in [-0.15, -0.1) is 0 Å². The van der Waals surface area contributed by atoms with Crippen LogP contribution in [-0.4, -0.2) is 12.5 Å². The molecule has 0 unspecified atom stereocenters. The predicted molar refractivity (Wildman–Crippen MR) is 85.9 cm³/mol. The summed E-state index contributed by atoms with van der Waals surface area (Å²) in [4.78, 5) is 12.3. The molecule has 2 aromatic rings. The van der Waals surface area contributed by atoms with Crippen LogP contribution in [-0.2, 0) is 0 Å². The molecule has 0 radical (unpaired) electrons. The lowest BCUT2D eigenvalue weighted by Gasteiger charge is -2.11. The van der Waals surface area contributed by atoms with Gasteiger partial charge in [0.1, 0.15) is 5.75 Å². The molecule has 4 heteroatoms. The second-order valence-electron chi connectivity index (χ2n) is 4.94. The number of rotatable bonds is 4. The maximum Gasteiger partial charge on any atom is 0.256 e. The minimum atomic E-state index is -0.164. The van der Waals surface area contributed by atoms with Gasteiger partial charge in [0.15, 0.2) is 0 Å². The van der Waals surface area contributed by atoms with E-state index in [4.69, 9.17) is 10.5 Å². The van der Waals surface area contributed by atoms with E-state index in [2.05, 4.69) is 5.32 Å². The summed E-state index contributed by atoms with van der Waals surface area (Å²) in [6.07, 6.45) is 0. The average molecular weight is 284 g/mol. The van der Waals surface area contributed by atoms with E-state index >= 15 is 0 Å². The highest BCUT2D eigenvalue weighted by molar-refractivity contribution is 6.05. The summed E-state index contributed by atoms with van der Waals surface area (Å²) in [5.41, 5.74) is 9.70. The smallest absolute Gasteiger partial charge is 0.256 e. The lowest BCUT2D eigenvalue weighted by atomic mass is 10.0. The Kier molecular flexibility index (Phi) is 4.48. The predicted octanol–water partition coefficient (Wildman–Crippen LogP) is 3.54. The number of carbonyl (C=O) groups is 1. The molecule has 0 aromatic heterocycles. The molecule has 0 spiro atoms. The summed E-state index contributed by atoms with van der Waals surface area (Å²) in [5.74, 6) is 0.620. The second kappa shape index (κ2) is 6.31. The molecule has 110 valence electrons. The van der Waals surface area contributed by atoms with Gasteiger partial charge in [-0.2, -0.15) is 0 Å². The molecule has 0 saturated heterocycles.